The zero-order chi connectivity index (χ0) is 10.1. The molecule has 0 aliphatic rings. The zero-order valence-corrected chi connectivity index (χ0v) is 8.25. The van der Waals surface area contributed by atoms with Gasteiger partial charge in [-0.3, -0.25) is 9.48 Å². The number of nitrogens with one attached hydrogen (secondary N) is 1. The second-order valence-corrected chi connectivity index (χ2v) is 3.37. The van der Waals surface area contributed by atoms with Crippen molar-refractivity contribution in [1.29, 1.82) is 0 Å². The summed E-state index contributed by atoms with van der Waals surface area (Å²) in [6.45, 7) is 0. The van der Waals surface area contributed by atoms with Crippen molar-refractivity contribution in [1.82, 2.24) is 14.8 Å². The molecule has 0 aliphatic carbocycles. The Labute approximate surface area is 85.1 Å². The Morgan fingerprint density at radius 3 is 2.93 bits per heavy atom. The monoisotopic (exact) mass is 209 g/mol. The highest BCUT2D eigenvalue weighted by atomic mass is 35.5. The molecule has 0 saturated carbocycles. The molecule has 1 N–H and O–H groups in total. The van der Waals surface area contributed by atoms with Crippen LogP contribution in [-0.2, 0) is 7.05 Å². The molecular weight excluding hydrogens is 202 g/mol. The number of pyridine rings is 1. The molecule has 0 unspecified atom stereocenters. The van der Waals surface area contributed by atoms with E-state index in [0.29, 0.717) is 5.02 Å². The van der Waals surface area contributed by atoms with Crippen LogP contribution in [0.3, 0.4) is 0 Å². The van der Waals surface area contributed by atoms with Crippen LogP contribution < -0.4 is 5.56 Å². The molecule has 0 bridgehead atoms. The van der Waals surface area contributed by atoms with Gasteiger partial charge in [0, 0.05) is 36.6 Å². The fourth-order valence-electron chi connectivity index (χ4n) is 1.23. The van der Waals surface area contributed by atoms with Crippen molar-refractivity contribution >= 4 is 11.6 Å². The second kappa shape index (κ2) is 3.31. The summed E-state index contributed by atoms with van der Waals surface area (Å²) >= 11 is 5.92. The highest BCUT2D eigenvalue weighted by molar-refractivity contribution is 6.33. The first-order valence-electron chi connectivity index (χ1n) is 4.04. The topological polar surface area (TPSA) is 50.7 Å². The van der Waals surface area contributed by atoms with Gasteiger partial charge in [0.15, 0.2) is 0 Å². The summed E-state index contributed by atoms with van der Waals surface area (Å²) in [7, 11) is 1.82. The van der Waals surface area contributed by atoms with Crippen LogP contribution in [0.2, 0.25) is 5.02 Å². The van der Waals surface area contributed by atoms with E-state index in [4.69, 9.17) is 11.6 Å². The Morgan fingerprint density at radius 2 is 2.36 bits per heavy atom. The van der Waals surface area contributed by atoms with E-state index in [1.165, 1.54) is 6.07 Å². The molecule has 0 saturated heterocycles. The Morgan fingerprint density at radius 1 is 1.57 bits per heavy atom. The van der Waals surface area contributed by atoms with Gasteiger partial charge in [-0.1, -0.05) is 11.6 Å². The summed E-state index contributed by atoms with van der Waals surface area (Å²) in [5.74, 6) is 0. The van der Waals surface area contributed by atoms with E-state index >= 15 is 0 Å². The van der Waals surface area contributed by atoms with Crippen LogP contribution in [0.15, 0.2) is 29.5 Å². The number of hydrogen-bond acceptors (Lipinski definition) is 2. The van der Waals surface area contributed by atoms with E-state index in [1.54, 1.807) is 17.1 Å². The minimum Gasteiger partial charge on any atom is -0.328 e. The molecule has 2 rings (SSSR count). The van der Waals surface area contributed by atoms with Crippen molar-refractivity contribution in [3.05, 3.63) is 40.0 Å². The lowest BCUT2D eigenvalue weighted by Crippen LogP contribution is -2.02. The molecule has 0 aromatic carbocycles. The summed E-state index contributed by atoms with van der Waals surface area (Å²) < 4.78 is 1.68. The minimum absolute atomic E-state index is 0.206. The fraction of sp³-hybridized carbons (Fsp3) is 0.111. The maximum absolute atomic E-state index is 10.9. The Hall–Kier alpha value is -1.55. The maximum atomic E-state index is 10.9. The molecule has 2 aromatic heterocycles. The Balaban J connectivity index is 2.57. The lowest BCUT2D eigenvalue weighted by atomic mass is 10.2. The van der Waals surface area contributed by atoms with Crippen LogP contribution in [0.25, 0.3) is 11.1 Å². The van der Waals surface area contributed by atoms with Crippen molar-refractivity contribution in [2.45, 2.75) is 0 Å². The normalized spacial score (nSPS) is 10.4. The van der Waals surface area contributed by atoms with Crippen LogP contribution >= 0.6 is 11.6 Å². The predicted octanol–water partition coefficient (Wildman–Crippen LogP) is 1.43. The van der Waals surface area contributed by atoms with E-state index < -0.39 is 0 Å². The van der Waals surface area contributed by atoms with Gasteiger partial charge in [-0.15, -0.1) is 0 Å². The molecule has 0 atom stereocenters. The van der Waals surface area contributed by atoms with Gasteiger partial charge in [0.1, 0.15) is 0 Å². The SMILES string of the molecule is Cn1cc(-c2c[nH]c(=O)cc2Cl)cn1. The lowest BCUT2D eigenvalue weighted by molar-refractivity contribution is 0.768. The van der Waals surface area contributed by atoms with Gasteiger partial charge in [0.05, 0.1) is 11.2 Å². The average Bonchev–Trinajstić information content (AvgIpc) is 2.51. The molecular formula is C9H8ClN3O. The van der Waals surface area contributed by atoms with Gasteiger partial charge >= 0.3 is 0 Å². The smallest absolute Gasteiger partial charge is 0.249 e. The number of hydrogen-bond donors (Lipinski definition) is 1. The van der Waals surface area contributed by atoms with Crippen molar-refractivity contribution < 1.29 is 0 Å². The largest absolute Gasteiger partial charge is 0.328 e. The maximum Gasteiger partial charge on any atom is 0.249 e. The average molecular weight is 210 g/mol. The third kappa shape index (κ3) is 1.56. The molecule has 0 spiro atoms. The molecule has 4 nitrogen and oxygen atoms in total. The number of rotatable bonds is 1. The summed E-state index contributed by atoms with van der Waals surface area (Å²) in [4.78, 5) is 13.5. The number of H-pyrrole nitrogens is 1. The third-order valence-electron chi connectivity index (χ3n) is 1.89. The summed E-state index contributed by atoms with van der Waals surface area (Å²) in [6, 6.07) is 1.35. The molecule has 72 valence electrons. The quantitative estimate of drug-likeness (QED) is 0.773. The van der Waals surface area contributed by atoms with E-state index in [9.17, 15) is 4.79 Å². The van der Waals surface area contributed by atoms with Gasteiger partial charge < -0.3 is 4.98 Å². The van der Waals surface area contributed by atoms with E-state index in [-0.39, 0.29) is 5.56 Å². The first kappa shape index (κ1) is 9.02. The molecule has 0 fully saturated rings. The Bertz CT molecular complexity index is 515. The predicted molar refractivity (Wildman–Crippen MR) is 54.3 cm³/mol. The number of nitrogens with zero attached hydrogens (tertiary/aromatic N) is 2. The molecule has 2 aromatic rings. The van der Waals surface area contributed by atoms with Crippen molar-refractivity contribution in [2.24, 2.45) is 7.05 Å². The fourth-order valence-corrected chi connectivity index (χ4v) is 1.49. The molecule has 0 radical (unpaired) electrons. The van der Waals surface area contributed by atoms with Gasteiger partial charge in [-0.05, 0) is 0 Å². The van der Waals surface area contributed by atoms with Crippen molar-refractivity contribution in [3.8, 4) is 11.1 Å². The van der Waals surface area contributed by atoms with Gasteiger partial charge in [0.25, 0.3) is 0 Å². The lowest BCUT2D eigenvalue weighted by Gasteiger charge is -1.98. The minimum atomic E-state index is -0.206. The number of aromatic amines is 1. The number of halogens is 1. The van der Waals surface area contributed by atoms with E-state index in [2.05, 4.69) is 10.1 Å². The van der Waals surface area contributed by atoms with Gasteiger partial charge in [0.2, 0.25) is 5.56 Å². The third-order valence-corrected chi connectivity index (χ3v) is 2.20. The standard InChI is InChI=1S/C9H8ClN3O/c1-13-5-6(3-12-13)7-4-11-9(14)2-8(7)10/h2-5H,1H3,(H,11,14). The molecule has 2 heterocycles. The van der Waals surface area contributed by atoms with Crippen LogP contribution in [-0.4, -0.2) is 14.8 Å². The zero-order valence-electron chi connectivity index (χ0n) is 7.49. The summed E-state index contributed by atoms with van der Waals surface area (Å²) in [6.07, 6.45) is 5.11. The molecule has 0 amide bonds. The first-order valence-corrected chi connectivity index (χ1v) is 4.42. The first-order chi connectivity index (χ1) is 6.66. The van der Waals surface area contributed by atoms with Crippen molar-refractivity contribution in [3.63, 3.8) is 0 Å². The van der Waals surface area contributed by atoms with Crippen molar-refractivity contribution in [2.75, 3.05) is 0 Å². The van der Waals surface area contributed by atoms with Gasteiger partial charge in [-0.25, -0.2) is 0 Å². The van der Waals surface area contributed by atoms with E-state index in [1.807, 2.05) is 13.2 Å². The van der Waals surface area contributed by atoms with Gasteiger partial charge in [-0.2, -0.15) is 5.10 Å². The highest BCUT2D eigenvalue weighted by Crippen LogP contribution is 2.24. The number of aryl methyl sites for hydroxylation is 1. The van der Waals surface area contributed by atoms with Crippen LogP contribution in [0, 0.1) is 0 Å². The van der Waals surface area contributed by atoms with Crippen LogP contribution in [0.1, 0.15) is 0 Å². The summed E-state index contributed by atoms with van der Waals surface area (Å²) in [5.41, 5.74) is 1.45. The second-order valence-electron chi connectivity index (χ2n) is 2.96. The van der Waals surface area contributed by atoms with Crippen LogP contribution in [0.4, 0.5) is 0 Å². The Kier molecular flexibility index (Phi) is 2.13. The van der Waals surface area contributed by atoms with E-state index in [0.717, 1.165) is 11.1 Å². The van der Waals surface area contributed by atoms with Crippen LogP contribution in [0.5, 0.6) is 0 Å². The molecule has 5 heteroatoms. The number of aromatic nitrogens is 3. The molecule has 14 heavy (non-hydrogen) atoms. The molecule has 0 aliphatic heterocycles. The summed E-state index contributed by atoms with van der Waals surface area (Å²) in [5, 5.41) is 4.45. The highest BCUT2D eigenvalue weighted by Gasteiger charge is 2.05.